The topological polar surface area (TPSA) is 47.4 Å². The Bertz CT molecular complexity index is 804. The molecule has 1 saturated heterocycles. The molecule has 1 aromatic heterocycles. The number of imidazole rings is 1. The van der Waals surface area contributed by atoms with Crippen LogP contribution in [-0.4, -0.2) is 40.6 Å². The summed E-state index contributed by atoms with van der Waals surface area (Å²) in [6.45, 7) is 5.06. The summed E-state index contributed by atoms with van der Waals surface area (Å²) in [4.78, 5) is 18.9. The van der Waals surface area contributed by atoms with Crippen LogP contribution in [0.3, 0.4) is 0 Å². The minimum atomic E-state index is -1.17. The number of carbonyl (C=O) groups is 1. The summed E-state index contributed by atoms with van der Waals surface area (Å²) in [5, 5.41) is 0. The fourth-order valence-electron chi connectivity index (χ4n) is 3.51. The van der Waals surface area contributed by atoms with Gasteiger partial charge in [-0.25, -0.2) is 13.8 Å². The number of piperidine rings is 1. The summed E-state index contributed by atoms with van der Waals surface area (Å²) >= 11 is 0. The zero-order valence-corrected chi connectivity index (χ0v) is 15.2. The number of amides is 1. The Morgan fingerprint density at radius 2 is 2.12 bits per heavy atom. The number of rotatable bonds is 4. The number of halogens is 2. The van der Waals surface area contributed by atoms with E-state index in [9.17, 15) is 13.6 Å². The highest BCUT2D eigenvalue weighted by Crippen LogP contribution is 2.31. The van der Waals surface area contributed by atoms with E-state index in [0.29, 0.717) is 13.1 Å². The second kappa shape index (κ2) is 7.43. The Labute approximate surface area is 151 Å². The number of nitrogens with zero attached hydrogens (tertiary/aromatic N) is 3. The van der Waals surface area contributed by atoms with Gasteiger partial charge in [0.15, 0.2) is 11.6 Å². The van der Waals surface area contributed by atoms with Gasteiger partial charge in [0.2, 0.25) is 0 Å². The van der Waals surface area contributed by atoms with Gasteiger partial charge in [-0.2, -0.15) is 0 Å². The minimum Gasteiger partial charge on any atom is -0.496 e. The van der Waals surface area contributed by atoms with E-state index in [1.807, 2.05) is 6.20 Å². The summed E-state index contributed by atoms with van der Waals surface area (Å²) in [6.07, 6.45) is 5.36. The number of ether oxygens (including phenoxy) is 1. The molecule has 2 aromatic rings. The van der Waals surface area contributed by atoms with E-state index in [0.717, 1.165) is 24.7 Å². The highest BCUT2D eigenvalue weighted by Gasteiger charge is 2.31. The van der Waals surface area contributed by atoms with Crippen LogP contribution in [0.5, 0.6) is 5.75 Å². The van der Waals surface area contributed by atoms with Crippen LogP contribution in [-0.2, 0) is 0 Å². The molecule has 1 aliphatic rings. The maximum atomic E-state index is 14.3. The predicted molar refractivity (Wildman–Crippen MR) is 93.4 cm³/mol. The molecule has 1 atom stereocenters. The third-order valence-electron chi connectivity index (χ3n) is 4.82. The summed E-state index contributed by atoms with van der Waals surface area (Å²) in [5.74, 6) is -1.75. The lowest BCUT2D eigenvalue weighted by Gasteiger charge is -2.33. The van der Waals surface area contributed by atoms with Gasteiger partial charge >= 0.3 is 0 Å². The molecule has 1 unspecified atom stereocenters. The van der Waals surface area contributed by atoms with Crippen LogP contribution in [0.2, 0.25) is 0 Å². The van der Waals surface area contributed by atoms with E-state index >= 15 is 0 Å². The van der Waals surface area contributed by atoms with E-state index in [1.165, 1.54) is 13.2 Å². The lowest BCUT2D eigenvalue weighted by atomic mass is 9.96. The molecule has 0 bridgehead atoms. The standard InChI is InChI=1S/C19H23F2N3O2/c1-12(2)24-10-8-22-18(24)13-5-4-9-23(11-13)19(25)16-15(26-3)7-6-14(20)17(16)21/h6-8,10,12-13H,4-5,9,11H2,1-3H3. The Morgan fingerprint density at radius 3 is 2.81 bits per heavy atom. The van der Waals surface area contributed by atoms with Crippen molar-refractivity contribution in [2.75, 3.05) is 20.2 Å². The Balaban J connectivity index is 1.88. The van der Waals surface area contributed by atoms with Gasteiger partial charge in [-0.15, -0.1) is 0 Å². The third-order valence-corrected chi connectivity index (χ3v) is 4.82. The van der Waals surface area contributed by atoms with Crippen LogP contribution in [0.1, 0.15) is 54.8 Å². The van der Waals surface area contributed by atoms with Crippen molar-refractivity contribution in [1.82, 2.24) is 14.5 Å². The third kappa shape index (κ3) is 3.30. The first-order valence-corrected chi connectivity index (χ1v) is 8.78. The lowest BCUT2D eigenvalue weighted by Crippen LogP contribution is -2.40. The highest BCUT2D eigenvalue weighted by molar-refractivity contribution is 5.97. The van der Waals surface area contributed by atoms with Crippen molar-refractivity contribution in [3.05, 3.63) is 47.5 Å². The number of likely N-dealkylation sites (tertiary alicyclic amines) is 1. The summed E-state index contributed by atoms with van der Waals surface area (Å²) < 4.78 is 35.1. The maximum Gasteiger partial charge on any atom is 0.260 e. The maximum absolute atomic E-state index is 14.3. The molecule has 7 heteroatoms. The van der Waals surface area contributed by atoms with Gasteiger partial charge in [0.25, 0.3) is 5.91 Å². The van der Waals surface area contributed by atoms with Crippen molar-refractivity contribution in [3.63, 3.8) is 0 Å². The quantitative estimate of drug-likeness (QED) is 0.831. The van der Waals surface area contributed by atoms with Gasteiger partial charge in [0.05, 0.1) is 7.11 Å². The molecule has 0 spiro atoms. The number of carbonyl (C=O) groups excluding carboxylic acids is 1. The molecule has 0 aliphatic carbocycles. The SMILES string of the molecule is COc1ccc(F)c(F)c1C(=O)N1CCCC(c2nccn2C(C)C)C1. The predicted octanol–water partition coefficient (Wildman–Crippen LogP) is 3.77. The molecule has 1 aliphatic heterocycles. The molecule has 0 N–H and O–H groups in total. The molecule has 3 rings (SSSR count). The van der Waals surface area contributed by atoms with Crippen molar-refractivity contribution in [3.8, 4) is 5.75 Å². The smallest absolute Gasteiger partial charge is 0.260 e. The molecule has 1 fully saturated rings. The number of hydrogen-bond acceptors (Lipinski definition) is 3. The molecular weight excluding hydrogens is 340 g/mol. The van der Waals surface area contributed by atoms with E-state index < -0.39 is 17.5 Å². The van der Waals surface area contributed by atoms with Crippen molar-refractivity contribution < 1.29 is 18.3 Å². The number of benzene rings is 1. The van der Waals surface area contributed by atoms with Crippen LogP contribution < -0.4 is 4.74 Å². The van der Waals surface area contributed by atoms with Gasteiger partial charge < -0.3 is 14.2 Å². The number of methoxy groups -OCH3 is 1. The number of hydrogen-bond donors (Lipinski definition) is 0. The Kier molecular flexibility index (Phi) is 5.25. The largest absolute Gasteiger partial charge is 0.496 e. The second-order valence-electron chi connectivity index (χ2n) is 6.82. The van der Waals surface area contributed by atoms with E-state index in [2.05, 4.69) is 23.4 Å². The van der Waals surface area contributed by atoms with Gasteiger partial charge in [-0.05, 0) is 38.8 Å². The van der Waals surface area contributed by atoms with E-state index in [-0.39, 0.29) is 23.3 Å². The van der Waals surface area contributed by atoms with Crippen LogP contribution in [0.15, 0.2) is 24.5 Å². The fraction of sp³-hybridized carbons (Fsp3) is 0.474. The molecule has 1 aromatic carbocycles. The molecule has 0 saturated carbocycles. The molecule has 5 nitrogen and oxygen atoms in total. The van der Waals surface area contributed by atoms with Crippen molar-refractivity contribution in [1.29, 1.82) is 0 Å². The lowest BCUT2D eigenvalue weighted by molar-refractivity contribution is 0.0693. The first kappa shape index (κ1) is 18.4. The number of aromatic nitrogens is 2. The van der Waals surface area contributed by atoms with Crippen LogP contribution in [0.4, 0.5) is 8.78 Å². The summed E-state index contributed by atoms with van der Waals surface area (Å²) in [7, 11) is 1.34. The first-order valence-electron chi connectivity index (χ1n) is 8.78. The monoisotopic (exact) mass is 363 g/mol. The van der Waals surface area contributed by atoms with E-state index in [1.54, 1.807) is 11.1 Å². The van der Waals surface area contributed by atoms with Gasteiger partial charge in [0.1, 0.15) is 17.1 Å². The zero-order valence-electron chi connectivity index (χ0n) is 15.2. The zero-order chi connectivity index (χ0) is 18.8. The van der Waals surface area contributed by atoms with Crippen molar-refractivity contribution in [2.24, 2.45) is 0 Å². The molecule has 0 radical (unpaired) electrons. The van der Waals surface area contributed by atoms with E-state index in [4.69, 9.17) is 4.74 Å². The molecule has 26 heavy (non-hydrogen) atoms. The van der Waals surface area contributed by atoms with Crippen molar-refractivity contribution >= 4 is 5.91 Å². The Hall–Kier alpha value is -2.44. The van der Waals surface area contributed by atoms with Crippen LogP contribution in [0, 0.1) is 11.6 Å². The molecule has 2 heterocycles. The minimum absolute atomic E-state index is 0.0414. The normalized spacial score (nSPS) is 17.6. The average molecular weight is 363 g/mol. The van der Waals surface area contributed by atoms with Crippen LogP contribution >= 0.6 is 0 Å². The first-order chi connectivity index (χ1) is 12.4. The second-order valence-corrected chi connectivity index (χ2v) is 6.82. The van der Waals surface area contributed by atoms with Crippen molar-refractivity contribution in [2.45, 2.75) is 38.6 Å². The molecule has 140 valence electrons. The van der Waals surface area contributed by atoms with Gasteiger partial charge in [-0.1, -0.05) is 0 Å². The average Bonchev–Trinajstić information content (AvgIpc) is 3.13. The van der Waals surface area contributed by atoms with Gasteiger partial charge in [0, 0.05) is 37.4 Å². The summed E-state index contributed by atoms with van der Waals surface area (Å²) in [6, 6.07) is 2.50. The molecule has 1 amide bonds. The highest BCUT2D eigenvalue weighted by atomic mass is 19.2. The summed E-state index contributed by atoms with van der Waals surface area (Å²) in [5.41, 5.74) is -0.347. The van der Waals surface area contributed by atoms with Crippen LogP contribution in [0.25, 0.3) is 0 Å². The fourth-order valence-corrected chi connectivity index (χ4v) is 3.51. The van der Waals surface area contributed by atoms with Gasteiger partial charge in [-0.3, -0.25) is 4.79 Å². The molecular formula is C19H23F2N3O2. The Morgan fingerprint density at radius 1 is 1.35 bits per heavy atom.